The summed E-state index contributed by atoms with van der Waals surface area (Å²) in [7, 11) is 1.76. The molecule has 1 aromatic heterocycles. The van der Waals surface area contributed by atoms with Gasteiger partial charge in [-0.15, -0.1) is 0 Å². The molecular weight excluding hydrogens is 262 g/mol. The lowest BCUT2D eigenvalue weighted by atomic mass is 9.64. The summed E-state index contributed by atoms with van der Waals surface area (Å²) in [6.45, 7) is 4.40. The standard InChI is InChI=1S/C14H18ClN3O/c1-14(2)11(7-12(14)19-3)18-10-6-8(15)4-5-9(10)17-13(18)16/h4-6,11-12H,7H2,1-3H3,(H2,16,17). The fourth-order valence-corrected chi connectivity index (χ4v) is 3.28. The molecule has 1 aliphatic rings. The van der Waals surface area contributed by atoms with Crippen molar-refractivity contribution in [3.8, 4) is 0 Å². The lowest BCUT2D eigenvalue weighted by molar-refractivity contribution is -0.110. The smallest absolute Gasteiger partial charge is 0.201 e. The van der Waals surface area contributed by atoms with Gasteiger partial charge in [-0.25, -0.2) is 4.98 Å². The summed E-state index contributed by atoms with van der Waals surface area (Å²) in [6.07, 6.45) is 1.21. The Morgan fingerprint density at radius 3 is 2.84 bits per heavy atom. The molecular formula is C14H18ClN3O. The van der Waals surface area contributed by atoms with Crippen molar-refractivity contribution in [2.75, 3.05) is 12.8 Å². The van der Waals surface area contributed by atoms with E-state index in [0.29, 0.717) is 17.0 Å². The molecule has 1 heterocycles. The van der Waals surface area contributed by atoms with Crippen LogP contribution in [-0.2, 0) is 4.74 Å². The Labute approximate surface area is 117 Å². The number of imidazole rings is 1. The minimum atomic E-state index is 0.0405. The zero-order valence-electron chi connectivity index (χ0n) is 11.4. The Morgan fingerprint density at radius 2 is 2.21 bits per heavy atom. The molecule has 2 N–H and O–H groups in total. The van der Waals surface area contributed by atoms with Gasteiger partial charge in [-0.05, 0) is 24.6 Å². The van der Waals surface area contributed by atoms with E-state index < -0.39 is 0 Å². The monoisotopic (exact) mass is 279 g/mol. The molecule has 1 aliphatic carbocycles. The van der Waals surface area contributed by atoms with Gasteiger partial charge in [0.05, 0.1) is 17.1 Å². The van der Waals surface area contributed by atoms with Gasteiger partial charge in [-0.2, -0.15) is 0 Å². The van der Waals surface area contributed by atoms with Crippen molar-refractivity contribution in [1.29, 1.82) is 0 Å². The number of benzene rings is 1. The van der Waals surface area contributed by atoms with Crippen LogP contribution in [0.3, 0.4) is 0 Å². The highest BCUT2D eigenvalue weighted by atomic mass is 35.5. The van der Waals surface area contributed by atoms with Gasteiger partial charge < -0.3 is 15.0 Å². The van der Waals surface area contributed by atoms with Crippen molar-refractivity contribution < 1.29 is 4.74 Å². The predicted octanol–water partition coefficient (Wildman–Crippen LogP) is 3.26. The quantitative estimate of drug-likeness (QED) is 0.918. The zero-order chi connectivity index (χ0) is 13.8. The third-order valence-electron chi connectivity index (χ3n) is 4.40. The summed E-state index contributed by atoms with van der Waals surface area (Å²) in [5.41, 5.74) is 8.02. The summed E-state index contributed by atoms with van der Waals surface area (Å²) < 4.78 is 7.60. The molecule has 0 aliphatic heterocycles. The number of halogens is 1. The van der Waals surface area contributed by atoms with E-state index in [1.807, 2.05) is 18.2 Å². The van der Waals surface area contributed by atoms with Crippen LogP contribution in [-0.4, -0.2) is 22.8 Å². The highest BCUT2D eigenvalue weighted by Gasteiger charge is 2.50. The van der Waals surface area contributed by atoms with Crippen molar-refractivity contribution in [3.63, 3.8) is 0 Å². The summed E-state index contributed by atoms with van der Waals surface area (Å²) in [5, 5.41) is 0.703. The average molecular weight is 280 g/mol. The molecule has 3 rings (SSSR count). The number of anilines is 1. The lowest BCUT2D eigenvalue weighted by Crippen LogP contribution is -2.51. The fourth-order valence-electron chi connectivity index (χ4n) is 3.11. The number of nitrogens with zero attached hydrogens (tertiary/aromatic N) is 2. The molecule has 1 fully saturated rings. The first-order valence-corrected chi connectivity index (χ1v) is 6.78. The lowest BCUT2D eigenvalue weighted by Gasteiger charge is -2.51. The molecule has 0 saturated heterocycles. The Morgan fingerprint density at radius 1 is 1.47 bits per heavy atom. The van der Waals surface area contributed by atoms with Gasteiger partial charge in [-0.1, -0.05) is 25.4 Å². The van der Waals surface area contributed by atoms with Crippen molar-refractivity contribution >= 4 is 28.6 Å². The van der Waals surface area contributed by atoms with E-state index in [0.717, 1.165) is 17.5 Å². The Bertz CT molecular complexity index is 635. The Hall–Kier alpha value is -1.26. The van der Waals surface area contributed by atoms with Gasteiger partial charge in [0.25, 0.3) is 0 Å². The van der Waals surface area contributed by atoms with Crippen LogP contribution in [0.2, 0.25) is 5.02 Å². The molecule has 0 bridgehead atoms. The van der Waals surface area contributed by atoms with Gasteiger partial charge in [0.1, 0.15) is 0 Å². The molecule has 0 amide bonds. The van der Waals surface area contributed by atoms with Crippen molar-refractivity contribution in [2.45, 2.75) is 32.4 Å². The molecule has 1 saturated carbocycles. The largest absolute Gasteiger partial charge is 0.381 e. The van der Waals surface area contributed by atoms with E-state index in [4.69, 9.17) is 22.1 Å². The molecule has 2 unspecified atom stereocenters. The van der Waals surface area contributed by atoms with Crippen LogP contribution in [0.5, 0.6) is 0 Å². The third kappa shape index (κ3) is 1.74. The molecule has 0 radical (unpaired) electrons. The van der Waals surface area contributed by atoms with Gasteiger partial charge in [0.2, 0.25) is 5.95 Å². The highest BCUT2D eigenvalue weighted by Crippen LogP contribution is 2.52. The van der Waals surface area contributed by atoms with Crippen molar-refractivity contribution in [1.82, 2.24) is 9.55 Å². The van der Waals surface area contributed by atoms with Crippen LogP contribution in [0.4, 0.5) is 5.95 Å². The second kappa shape index (κ2) is 4.12. The van der Waals surface area contributed by atoms with E-state index in [9.17, 15) is 0 Å². The van der Waals surface area contributed by atoms with E-state index in [1.165, 1.54) is 0 Å². The molecule has 19 heavy (non-hydrogen) atoms. The topological polar surface area (TPSA) is 53.1 Å². The van der Waals surface area contributed by atoms with Crippen LogP contribution in [0.1, 0.15) is 26.3 Å². The van der Waals surface area contributed by atoms with Crippen LogP contribution >= 0.6 is 11.6 Å². The number of rotatable bonds is 2. The predicted molar refractivity (Wildman–Crippen MR) is 77.4 cm³/mol. The summed E-state index contributed by atoms with van der Waals surface area (Å²) in [4.78, 5) is 4.41. The summed E-state index contributed by atoms with van der Waals surface area (Å²) in [5.74, 6) is 0.546. The average Bonchev–Trinajstić information content (AvgIpc) is 2.65. The van der Waals surface area contributed by atoms with Crippen LogP contribution < -0.4 is 5.73 Å². The second-order valence-electron chi connectivity index (χ2n) is 5.77. The van der Waals surface area contributed by atoms with Crippen LogP contribution in [0.25, 0.3) is 11.0 Å². The SMILES string of the molecule is COC1CC(n2c(N)nc3ccc(Cl)cc32)C1(C)C. The van der Waals surface area contributed by atoms with E-state index in [2.05, 4.69) is 23.4 Å². The van der Waals surface area contributed by atoms with E-state index in [-0.39, 0.29) is 11.5 Å². The summed E-state index contributed by atoms with van der Waals surface area (Å²) >= 11 is 6.09. The fraction of sp³-hybridized carbons (Fsp3) is 0.500. The second-order valence-corrected chi connectivity index (χ2v) is 6.21. The minimum Gasteiger partial charge on any atom is -0.381 e. The minimum absolute atomic E-state index is 0.0405. The van der Waals surface area contributed by atoms with Crippen LogP contribution in [0, 0.1) is 5.41 Å². The number of nitrogens with two attached hydrogens (primary N) is 1. The molecule has 102 valence electrons. The number of hydrogen-bond acceptors (Lipinski definition) is 3. The molecule has 1 aromatic carbocycles. The number of nitrogen functional groups attached to an aromatic ring is 1. The van der Waals surface area contributed by atoms with Gasteiger partial charge in [-0.3, -0.25) is 0 Å². The maximum Gasteiger partial charge on any atom is 0.201 e. The Kier molecular flexibility index (Phi) is 2.76. The number of hydrogen-bond donors (Lipinski definition) is 1. The first-order chi connectivity index (χ1) is 8.95. The number of methoxy groups -OCH3 is 1. The maximum absolute atomic E-state index is 6.09. The number of ether oxygens (including phenoxy) is 1. The Balaban J connectivity index is 2.11. The maximum atomic E-state index is 6.09. The van der Waals surface area contributed by atoms with Gasteiger partial charge in [0, 0.05) is 23.6 Å². The number of aromatic nitrogens is 2. The molecule has 2 atom stereocenters. The highest BCUT2D eigenvalue weighted by molar-refractivity contribution is 6.31. The zero-order valence-corrected chi connectivity index (χ0v) is 12.1. The van der Waals surface area contributed by atoms with Gasteiger partial charge in [0.15, 0.2) is 0 Å². The molecule has 0 spiro atoms. The normalized spacial score (nSPS) is 25.5. The first kappa shape index (κ1) is 12.8. The van der Waals surface area contributed by atoms with E-state index in [1.54, 1.807) is 7.11 Å². The van der Waals surface area contributed by atoms with E-state index >= 15 is 0 Å². The molecule has 5 heteroatoms. The third-order valence-corrected chi connectivity index (χ3v) is 4.64. The van der Waals surface area contributed by atoms with Crippen molar-refractivity contribution in [3.05, 3.63) is 23.2 Å². The molecule has 2 aromatic rings. The molecule has 4 nitrogen and oxygen atoms in total. The summed E-state index contributed by atoms with van der Waals surface area (Å²) in [6, 6.07) is 5.96. The number of fused-ring (bicyclic) bond motifs is 1. The van der Waals surface area contributed by atoms with Gasteiger partial charge >= 0.3 is 0 Å². The van der Waals surface area contributed by atoms with Crippen LogP contribution in [0.15, 0.2) is 18.2 Å². The van der Waals surface area contributed by atoms with Crippen molar-refractivity contribution in [2.24, 2.45) is 5.41 Å². The first-order valence-electron chi connectivity index (χ1n) is 6.41.